The van der Waals surface area contributed by atoms with Gasteiger partial charge in [-0.1, -0.05) is 0 Å². The fraction of sp³-hybridized carbons (Fsp3) is 0.450. The van der Waals surface area contributed by atoms with Crippen LogP contribution in [0.5, 0.6) is 0 Å². The third-order valence-electron chi connectivity index (χ3n) is 6.22. The third kappa shape index (κ3) is 2.59. The summed E-state index contributed by atoms with van der Waals surface area (Å²) in [6.45, 7) is 5.22. The molecule has 0 radical (unpaired) electrons. The second kappa shape index (κ2) is 6.28. The van der Waals surface area contributed by atoms with Crippen molar-refractivity contribution in [2.24, 2.45) is 11.8 Å². The minimum absolute atomic E-state index is 0.102. The molecule has 3 aromatic heterocycles. The number of aromatic nitrogens is 3. The number of nitrogens with zero attached hydrogens (tertiary/aromatic N) is 4. The van der Waals surface area contributed by atoms with Crippen LogP contribution in [0.1, 0.15) is 29.2 Å². The van der Waals surface area contributed by atoms with Crippen LogP contribution in [0.15, 0.2) is 40.9 Å². The zero-order valence-corrected chi connectivity index (χ0v) is 15.7. The molecule has 2 fully saturated rings. The normalized spacial score (nSPS) is 25.3. The highest BCUT2D eigenvalue weighted by atomic mass is 32.1. The zero-order chi connectivity index (χ0) is 17.7. The van der Waals surface area contributed by atoms with Crippen molar-refractivity contribution in [1.29, 1.82) is 0 Å². The van der Waals surface area contributed by atoms with Gasteiger partial charge in [0, 0.05) is 54.9 Å². The van der Waals surface area contributed by atoms with E-state index in [1.165, 1.54) is 29.9 Å². The average Bonchev–Trinajstić information content (AvgIpc) is 3.22. The van der Waals surface area contributed by atoms with Gasteiger partial charge in [0.05, 0.1) is 0 Å². The van der Waals surface area contributed by atoms with Gasteiger partial charge in [-0.2, -0.15) is 0 Å². The highest BCUT2D eigenvalue weighted by Gasteiger charge is 2.47. The van der Waals surface area contributed by atoms with Crippen molar-refractivity contribution < 1.29 is 0 Å². The molecule has 3 unspecified atom stereocenters. The molecule has 3 aromatic rings. The van der Waals surface area contributed by atoms with E-state index in [4.69, 9.17) is 0 Å². The SMILES string of the molecule is Cc1nc2sccn2c(=O)c1CCN1CC2CC(c3ccncc3)C2C1. The van der Waals surface area contributed by atoms with Crippen LogP contribution < -0.4 is 5.56 Å². The molecule has 5 nitrogen and oxygen atoms in total. The molecule has 2 aliphatic rings. The third-order valence-corrected chi connectivity index (χ3v) is 6.98. The number of hydrogen-bond acceptors (Lipinski definition) is 5. The highest BCUT2D eigenvalue weighted by molar-refractivity contribution is 7.15. The van der Waals surface area contributed by atoms with E-state index in [0.29, 0.717) is 5.92 Å². The average molecular weight is 366 g/mol. The smallest absolute Gasteiger partial charge is 0.261 e. The lowest BCUT2D eigenvalue weighted by Gasteiger charge is -2.39. The first kappa shape index (κ1) is 16.1. The quantitative estimate of drug-likeness (QED) is 0.712. The Morgan fingerprint density at radius 1 is 1.27 bits per heavy atom. The maximum absolute atomic E-state index is 12.7. The van der Waals surface area contributed by atoms with Crippen LogP contribution >= 0.6 is 11.3 Å². The summed E-state index contributed by atoms with van der Waals surface area (Å²) >= 11 is 1.51. The van der Waals surface area contributed by atoms with Gasteiger partial charge in [0.15, 0.2) is 4.96 Å². The maximum Gasteiger partial charge on any atom is 0.261 e. The second-order valence-electron chi connectivity index (χ2n) is 7.59. The van der Waals surface area contributed by atoms with Gasteiger partial charge in [0.25, 0.3) is 5.56 Å². The van der Waals surface area contributed by atoms with Gasteiger partial charge in [0.1, 0.15) is 0 Å². The minimum Gasteiger partial charge on any atom is -0.302 e. The lowest BCUT2D eigenvalue weighted by Crippen LogP contribution is -2.33. The van der Waals surface area contributed by atoms with E-state index in [0.717, 1.165) is 47.6 Å². The monoisotopic (exact) mass is 366 g/mol. The topological polar surface area (TPSA) is 50.5 Å². The first-order chi connectivity index (χ1) is 12.7. The van der Waals surface area contributed by atoms with Gasteiger partial charge < -0.3 is 4.90 Å². The number of likely N-dealkylation sites (tertiary alicyclic amines) is 1. The summed E-state index contributed by atoms with van der Waals surface area (Å²) in [5, 5.41) is 1.92. The molecule has 5 rings (SSSR count). The predicted molar refractivity (Wildman–Crippen MR) is 103 cm³/mol. The number of aryl methyl sites for hydroxylation is 1. The first-order valence-corrected chi connectivity index (χ1v) is 10.2. The molecule has 0 bridgehead atoms. The molecule has 0 aromatic carbocycles. The van der Waals surface area contributed by atoms with E-state index in [-0.39, 0.29) is 5.56 Å². The Bertz CT molecular complexity index is 996. The molecular formula is C20H22N4OS. The first-order valence-electron chi connectivity index (χ1n) is 9.28. The fourth-order valence-corrected chi connectivity index (χ4v) is 5.50. The second-order valence-corrected chi connectivity index (χ2v) is 8.47. The molecule has 26 heavy (non-hydrogen) atoms. The summed E-state index contributed by atoms with van der Waals surface area (Å²) in [5.41, 5.74) is 3.29. The molecule has 1 aliphatic carbocycles. The minimum atomic E-state index is 0.102. The number of rotatable bonds is 4. The Labute approximate surface area is 156 Å². The summed E-state index contributed by atoms with van der Waals surface area (Å²) in [4.78, 5) is 24.8. The van der Waals surface area contributed by atoms with E-state index >= 15 is 0 Å². The van der Waals surface area contributed by atoms with Crippen LogP contribution in [0.25, 0.3) is 4.96 Å². The van der Waals surface area contributed by atoms with Gasteiger partial charge in [-0.05, 0) is 55.2 Å². The van der Waals surface area contributed by atoms with Gasteiger partial charge in [-0.3, -0.25) is 14.2 Å². The number of thiazole rings is 1. The summed E-state index contributed by atoms with van der Waals surface area (Å²) in [6, 6.07) is 4.32. The molecule has 0 N–H and O–H groups in total. The van der Waals surface area contributed by atoms with Gasteiger partial charge in [-0.25, -0.2) is 4.98 Å². The van der Waals surface area contributed by atoms with Crippen molar-refractivity contribution in [3.8, 4) is 0 Å². The van der Waals surface area contributed by atoms with Gasteiger partial charge in [-0.15, -0.1) is 11.3 Å². The van der Waals surface area contributed by atoms with E-state index < -0.39 is 0 Å². The summed E-state index contributed by atoms with van der Waals surface area (Å²) in [7, 11) is 0. The van der Waals surface area contributed by atoms with Crippen molar-refractivity contribution in [1.82, 2.24) is 19.3 Å². The Kier molecular flexibility index (Phi) is 3.90. The van der Waals surface area contributed by atoms with E-state index in [1.54, 1.807) is 4.40 Å². The number of hydrogen-bond donors (Lipinski definition) is 0. The fourth-order valence-electron chi connectivity index (χ4n) is 4.75. The molecule has 1 aliphatic heterocycles. The molecule has 0 spiro atoms. The van der Waals surface area contributed by atoms with Gasteiger partial charge in [0.2, 0.25) is 0 Å². The predicted octanol–water partition coefficient (Wildman–Crippen LogP) is 2.74. The maximum atomic E-state index is 12.7. The standard InChI is InChI=1S/C20H22N4OS/c1-13-16(19(25)24-8-9-26-20(24)22-13)4-7-23-11-15-10-17(18(15)12-23)14-2-5-21-6-3-14/h2-3,5-6,8-9,15,17-18H,4,7,10-12H2,1H3. The van der Waals surface area contributed by atoms with Crippen molar-refractivity contribution in [2.75, 3.05) is 19.6 Å². The molecule has 1 saturated carbocycles. The molecule has 3 atom stereocenters. The van der Waals surface area contributed by atoms with E-state index in [9.17, 15) is 4.79 Å². The largest absolute Gasteiger partial charge is 0.302 e. The number of fused-ring (bicyclic) bond motifs is 2. The summed E-state index contributed by atoms with van der Waals surface area (Å²) in [6.07, 6.45) is 7.71. The van der Waals surface area contributed by atoms with Crippen molar-refractivity contribution in [2.45, 2.75) is 25.7 Å². The van der Waals surface area contributed by atoms with E-state index in [1.807, 2.05) is 30.9 Å². The van der Waals surface area contributed by atoms with Crippen LogP contribution in [0.4, 0.5) is 0 Å². The van der Waals surface area contributed by atoms with Crippen molar-refractivity contribution in [3.63, 3.8) is 0 Å². The number of pyridine rings is 1. The van der Waals surface area contributed by atoms with Gasteiger partial charge >= 0.3 is 0 Å². The lowest BCUT2D eigenvalue weighted by molar-refractivity contribution is 0.191. The zero-order valence-electron chi connectivity index (χ0n) is 14.8. The Balaban J connectivity index is 1.27. The summed E-state index contributed by atoms with van der Waals surface area (Å²) in [5.74, 6) is 2.26. The highest BCUT2D eigenvalue weighted by Crippen LogP contribution is 2.51. The molecule has 134 valence electrons. The molecule has 6 heteroatoms. The van der Waals surface area contributed by atoms with Crippen molar-refractivity contribution in [3.05, 3.63) is 63.3 Å². The van der Waals surface area contributed by atoms with Crippen LogP contribution in [-0.4, -0.2) is 38.9 Å². The Morgan fingerprint density at radius 2 is 2.12 bits per heavy atom. The lowest BCUT2D eigenvalue weighted by atomic mass is 9.64. The van der Waals surface area contributed by atoms with Crippen molar-refractivity contribution >= 4 is 16.3 Å². The Morgan fingerprint density at radius 3 is 2.96 bits per heavy atom. The molecule has 0 amide bonds. The van der Waals surface area contributed by atoms with E-state index in [2.05, 4.69) is 27.0 Å². The summed E-state index contributed by atoms with van der Waals surface area (Å²) < 4.78 is 1.68. The van der Waals surface area contributed by atoms with Crippen LogP contribution in [0.2, 0.25) is 0 Å². The van der Waals surface area contributed by atoms with Crippen LogP contribution in [0, 0.1) is 18.8 Å². The molecule has 4 heterocycles. The molecule has 1 saturated heterocycles. The van der Waals surface area contributed by atoms with Crippen LogP contribution in [-0.2, 0) is 6.42 Å². The van der Waals surface area contributed by atoms with Crippen LogP contribution in [0.3, 0.4) is 0 Å². The molecular weight excluding hydrogens is 344 g/mol. The Hall–Kier alpha value is -2.05.